The lowest BCUT2D eigenvalue weighted by Gasteiger charge is -2.55. The summed E-state index contributed by atoms with van der Waals surface area (Å²) in [4.78, 5) is 0. The van der Waals surface area contributed by atoms with Crippen molar-refractivity contribution in [2.45, 2.75) is 71.1 Å². The molecule has 3 rings (SSSR count). The fourth-order valence-corrected chi connectivity index (χ4v) is 5.37. The van der Waals surface area contributed by atoms with Crippen LogP contribution < -0.4 is 5.73 Å². The van der Waals surface area contributed by atoms with Gasteiger partial charge in [-0.3, -0.25) is 0 Å². The van der Waals surface area contributed by atoms with Gasteiger partial charge in [-0.25, -0.2) is 0 Å². The first-order valence-corrected chi connectivity index (χ1v) is 8.86. The molecule has 0 saturated heterocycles. The molecule has 1 heteroatoms. The van der Waals surface area contributed by atoms with E-state index in [1.807, 2.05) is 0 Å². The highest BCUT2D eigenvalue weighted by atomic mass is 14.7. The van der Waals surface area contributed by atoms with E-state index >= 15 is 0 Å². The molecule has 2 aliphatic rings. The Morgan fingerprint density at radius 1 is 1.24 bits per heavy atom. The molecule has 0 radical (unpaired) electrons. The number of nitrogens with two attached hydrogens (primary N) is 1. The molecule has 1 nitrogen and oxygen atoms in total. The van der Waals surface area contributed by atoms with E-state index in [9.17, 15) is 0 Å². The molecule has 3 atom stereocenters. The Balaban J connectivity index is 2.01. The third kappa shape index (κ3) is 2.34. The summed E-state index contributed by atoms with van der Waals surface area (Å²) in [5.41, 5.74) is 11.7. The minimum Gasteiger partial charge on any atom is -0.330 e. The van der Waals surface area contributed by atoms with Gasteiger partial charge in [-0.1, -0.05) is 51.8 Å². The number of hydrogen-bond acceptors (Lipinski definition) is 1. The van der Waals surface area contributed by atoms with Gasteiger partial charge in [0.05, 0.1) is 0 Å². The van der Waals surface area contributed by atoms with Gasteiger partial charge in [0, 0.05) is 0 Å². The average Bonchev–Trinajstić information content (AvgIpc) is 2.47. The van der Waals surface area contributed by atoms with Crippen molar-refractivity contribution in [3.05, 3.63) is 34.9 Å². The zero-order valence-corrected chi connectivity index (χ0v) is 14.0. The highest BCUT2D eigenvalue weighted by Crippen LogP contribution is 2.56. The molecule has 1 aromatic carbocycles. The Labute approximate surface area is 130 Å². The van der Waals surface area contributed by atoms with Crippen LogP contribution in [0.4, 0.5) is 0 Å². The highest BCUT2D eigenvalue weighted by molar-refractivity contribution is 5.41. The first-order valence-electron chi connectivity index (χ1n) is 8.86. The minimum absolute atomic E-state index is 0.340. The third-order valence-corrected chi connectivity index (χ3v) is 6.55. The molecule has 1 fully saturated rings. The van der Waals surface area contributed by atoms with E-state index in [-0.39, 0.29) is 0 Å². The van der Waals surface area contributed by atoms with Crippen molar-refractivity contribution in [1.82, 2.24) is 0 Å². The molecular weight excluding hydrogens is 254 g/mol. The van der Waals surface area contributed by atoms with Crippen LogP contribution in [0.1, 0.15) is 69.6 Å². The van der Waals surface area contributed by atoms with Crippen molar-refractivity contribution in [2.75, 3.05) is 6.54 Å². The summed E-state index contributed by atoms with van der Waals surface area (Å²) in [5.74, 6) is 0.758. The van der Waals surface area contributed by atoms with Gasteiger partial charge in [0.25, 0.3) is 0 Å². The van der Waals surface area contributed by atoms with Crippen LogP contribution in [-0.4, -0.2) is 6.54 Å². The summed E-state index contributed by atoms with van der Waals surface area (Å²) in [7, 11) is 0. The van der Waals surface area contributed by atoms with Crippen molar-refractivity contribution in [2.24, 2.45) is 17.1 Å². The molecule has 0 amide bonds. The van der Waals surface area contributed by atoms with Crippen LogP contribution in [0.5, 0.6) is 0 Å². The lowest BCUT2D eigenvalue weighted by Crippen LogP contribution is -2.51. The third-order valence-electron chi connectivity index (χ3n) is 6.55. The Kier molecular flexibility index (Phi) is 3.90. The van der Waals surface area contributed by atoms with Crippen LogP contribution in [0.25, 0.3) is 0 Å². The summed E-state index contributed by atoms with van der Waals surface area (Å²) >= 11 is 0. The maximum Gasteiger partial charge on any atom is -0.00202 e. The summed E-state index contributed by atoms with van der Waals surface area (Å²) in [6.45, 7) is 8.06. The predicted molar refractivity (Wildman–Crippen MR) is 90.6 cm³/mol. The van der Waals surface area contributed by atoms with E-state index in [4.69, 9.17) is 5.73 Å². The van der Waals surface area contributed by atoms with Crippen molar-refractivity contribution in [3.63, 3.8) is 0 Å². The monoisotopic (exact) mass is 285 g/mol. The Bertz CT molecular complexity index is 521. The van der Waals surface area contributed by atoms with Crippen LogP contribution in [0.2, 0.25) is 0 Å². The van der Waals surface area contributed by atoms with Gasteiger partial charge in [0.2, 0.25) is 0 Å². The number of aryl methyl sites for hydroxylation is 2. The van der Waals surface area contributed by atoms with Crippen LogP contribution in [-0.2, 0) is 18.3 Å². The molecule has 1 unspecified atom stereocenters. The smallest absolute Gasteiger partial charge is 0.00202 e. The van der Waals surface area contributed by atoms with E-state index in [1.165, 1.54) is 50.5 Å². The molecule has 0 aromatic heterocycles. The molecule has 1 aromatic rings. The first-order chi connectivity index (χ1) is 10.0. The summed E-state index contributed by atoms with van der Waals surface area (Å²) in [6.07, 6.45) is 9.02. The van der Waals surface area contributed by atoms with Crippen LogP contribution in [0, 0.1) is 11.3 Å². The second kappa shape index (κ2) is 5.43. The standard InChI is InChI=1S/C20H31N/c1-4-6-15-7-9-17-16(13-15)8-10-18-19(2,14-21)11-5-12-20(17,18)3/h7,9,13,18H,4-6,8,10-12,14,21H2,1-3H3/t18?,19-,20+/m0/s1. The predicted octanol–water partition coefficient (Wildman–Crippen LogP) is 4.61. The molecule has 1 saturated carbocycles. The van der Waals surface area contributed by atoms with Crippen molar-refractivity contribution >= 4 is 0 Å². The fourth-order valence-electron chi connectivity index (χ4n) is 5.37. The lowest BCUT2D eigenvalue weighted by molar-refractivity contribution is 0.0327. The molecule has 0 aliphatic heterocycles. The van der Waals surface area contributed by atoms with E-state index in [0.29, 0.717) is 10.8 Å². The lowest BCUT2D eigenvalue weighted by atomic mass is 9.50. The summed E-state index contributed by atoms with van der Waals surface area (Å²) in [5, 5.41) is 0. The highest BCUT2D eigenvalue weighted by Gasteiger charge is 2.50. The summed E-state index contributed by atoms with van der Waals surface area (Å²) < 4.78 is 0. The van der Waals surface area contributed by atoms with Gasteiger partial charge in [-0.15, -0.1) is 0 Å². The molecular formula is C20H31N. The summed E-state index contributed by atoms with van der Waals surface area (Å²) in [6, 6.07) is 7.33. The molecule has 21 heavy (non-hydrogen) atoms. The molecule has 2 N–H and O–H groups in total. The minimum atomic E-state index is 0.340. The number of benzene rings is 1. The van der Waals surface area contributed by atoms with Gasteiger partial charge in [-0.2, -0.15) is 0 Å². The van der Waals surface area contributed by atoms with Crippen LogP contribution >= 0.6 is 0 Å². The maximum absolute atomic E-state index is 6.19. The molecule has 0 spiro atoms. The van der Waals surface area contributed by atoms with Crippen molar-refractivity contribution in [3.8, 4) is 0 Å². The van der Waals surface area contributed by atoms with E-state index in [0.717, 1.165) is 12.5 Å². The Morgan fingerprint density at radius 2 is 2.05 bits per heavy atom. The van der Waals surface area contributed by atoms with Gasteiger partial charge in [0.15, 0.2) is 0 Å². The quantitative estimate of drug-likeness (QED) is 0.862. The normalized spacial score (nSPS) is 35.1. The van der Waals surface area contributed by atoms with Crippen LogP contribution in [0.15, 0.2) is 18.2 Å². The van der Waals surface area contributed by atoms with E-state index < -0.39 is 0 Å². The van der Waals surface area contributed by atoms with Gasteiger partial charge in [0.1, 0.15) is 0 Å². The Hall–Kier alpha value is -0.820. The van der Waals surface area contributed by atoms with Crippen molar-refractivity contribution < 1.29 is 0 Å². The number of hydrogen-bond donors (Lipinski definition) is 1. The fraction of sp³-hybridized carbons (Fsp3) is 0.700. The molecule has 2 aliphatic carbocycles. The molecule has 0 bridgehead atoms. The largest absolute Gasteiger partial charge is 0.330 e. The molecule has 116 valence electrons. The second-order valence-corrected chi connectivity index (χ2v) is 7.96. The first kappa shape index (κ1) is 15.1. The SMILES string of the molecule is CCCc1ccc2c(c1)CCC1[C@](C)(CN)CCC[C@]21C. The Morgan fingerprint density at radius 3 is 2.76 bits per heavy atom. The molecule has 0 heterocycles. The zero-order valence-electron chi connectivity index (χ0n) is 14.0. The maximum atomic E-state index is 6.19. The second-order valence-electron chi connectivity index (χ2n) is 7.96. The van der Waals surface area contributed by atoms with Gasteiger partial charge < -0.3 is 5.73 Å². The topological polar surface area (TPSA) is 26.0 Å². The van der Waals surface area contributed by atoms with Crippen LogP contribution in [0.3, 0.4) is 0 Å². The number of fused-ring (bicyclic) bond motifs is 3. The average molecular weight is 285 g/mol. The zero-order chi connectivity index (χ0) is 15.1. The van der Waals surface area contributed by atoms with E-state index in [1.54, 1.807) is 11.1 Å². The van der Waals surface area contributed by atoms with E-state index in [2.05, 4.69) is 39.0 Å². The van der Waals surface area contributed by atoms with Gasteiger partial charge in [-0.05, 0) is 72.1 Å². The number of rotatable bonds is 3. The van der Waals surface area contributed by atoms with Gasteiger partial charge >= 0.3 is 0 Å². The van der Waals surface area contributed by atoms with Crippen molar-refractivity contribution in [1.29, 1.82) is 0 Å².